The highest BCUT2D eigenvalue weighted by atomic mass is 35.5. The van der Waals surface area contributed by atoms with E-state index >= 15 is 0 Å². The summed E-state index contributed by atoms with van der Waals surface area (Å²) in [4.78, 5) is 38.2. The highest BCUT2D eigenvalue weighted by Gasteiger charge is 2.25. The number of Topliss-reactive ketones (excluding diaryl/α,β-unsaturated/α-hetero) is 1. The van der Waals surface area contributed by atoms with Gasteiger partial charge in [-0.1, -0.05) is 35.0 Å². The molecule has 0 bridgehead atoms. The largest absolute Gasteiger partial charge is 0.481 e. The summed E-state index contributed by atoms with van der Waals surface area (Å²) < 4.78 is 5.19. The average molecular weight is 535 g/mol. The van der Waals surface area contributed by atoms with Gasteiger partial charge in [0, 0.05) is 21.2 Å². The molecule has 0 saturated carbocycles. The molecular formula is C25H27ClN2O5S2. The molecule has 2 aromatic heterocycles. The van der Waals surface area contributed by atoms with E-state index in [1.807, 2.05) is 38.1 Å². The van der Waals surface area contributed by atoms with E-state index in [0.717, 1.165) is 46.7 Å². The zero-order valence-electron chi connectivity index (χ0n) is 19.5. The molecule has 2 N–H and O–H groups in total. The van der Waals surface area contributed by atoms with Crippen LogP contribution in [0.15, 0.2) is 40.9 Å². The fraction of sp³-hybridized carbons (Fsp3) is 0.360. The highest BCUT2D eigenvalue weighted by Crippen LogP contribution is 2.23. The van der Waals surface area contributed by atoms with E-state index in [9.17, 15) is 19.5 Å². The average Bonchev–Trinajstić information content (AvgIpc) is 3.41. The number of hydrogen-bond donors (Lipinski definition) is 2. The van der Waals surface area contributed by atoms with Crippen molar-refractivity contribution in [2.75, 3.05) is 5.75 Å². The van der Waals surface area contributed by atoms with E-state index in [4.69, 9.17) is 16.1 Å². The molecule has 0 radical (unpaired) electrons. The summed E-state index contributed by atoms with van der Waals surface area (Å²) in [5.41, 5.74) is 2.90. The van der Waals surface area contributed by atoms with Gasteiger partial charge in [0.15, 0.2) is 5.78 Å². The predicted octanol–water partition coefficient (Wildman–Crippen LogP) is 5.26. The number of carbonyl (C=O) groups excluding carboxylic acids is 2. The van der Waals surface area contributed by atoms with Crippen molar-refractivity contribution in [3.63, 3.8) is 0 Å². The van der Waals surface area contributed by atoms with E-state index in [2.05, 4.69) is 10.5 Å². The van der Waals surface area contributed by atoms with Crippen molar-refractivity contribution < 1.29 is 24.0 Å². The minimum absolute atomic E-state index is 0.0703. The molecule has 10 heteroatoms. The normalized spacial score (nSPS) is 11.9. The maximum absolute atomic E-state index is 12.8. The van der Waals surface area contributed by atoms with Crippen LogP contribution >= 0.6 is 34.7 Å². The molecule has 186 valence electrons. The van der Waals surface area contributed by atoms with Gasteiger partial charge in [-0.2, -0.15) is 0 Å². The topological polar surface area (TPSA) is 110 Å². The number of nitrogens with zero attached hydrogens (tertiary/aromatic N) is 1. The Kier molecular flexibility index (Phi) is 9.94. The van der Waals surface area contributed by atoms with Crippen LogP contribution in [0.1, 0.15) is 50.0 Å². The maximum Gasteiger partial charge on any atom is 0.305 e. The molecule has 0 aliphatic heterocycles. The fourth-order valence-corrected chi connectivity index (χ4v) is 5.77. The van der Waals surface area contributed by atoms with Gasteiger partial charge in [0.2, 0.25) is 0 Å². The molecule has 3 rings (SSSR count). The van der Waals surface area contributed by atoms with Gasteiger partial charge in [0.05, 0.1) is 28.8 Å². The number of nitrogens with one attached hydrogen (secondary N) is 1. The molecule has 2 heterocycles. The van der Waals surface area contributed by atoms with Crippen LogP contribution < -0.4 is 5.32 Å². The SMILES string of the molecule is Cc1noc(C)c1CCCc1ccc(C(=O)N[C@@H](CC(=O)O)C(=O)CSCc2ccccc2Cl)s1. The number of aromatic nitrogens is 1. The number of ketones is 1. The van der Waals surface area contributed by atoms with Crippen molar-refractivity contribution in [1.82, 2.24) is 10.5 Å². The van der Waals surface area contributed by atoms with Crippen molar-refractivity contribution in [2.45, 2.75) is 51.3 Å². The van der Waals surface area contributed by atoms with Crippen molar-refractivity contribution >= 4 is 52.4 Å². The van der Waals surface area contributed by atoms with Gasteiger partial charge < -0.3 is 14.9 Å². The van der Waals surface area contributed by atoms with Gasteiger partial charge in [-0.3, -0.25) is 14.4 Å². The van der Waals surface area contributed by atoms with E-state index in [0.29, 0.717) is 15.7 Å². The Balaban J connectivity index is 1.52. The number of thiophene rings is 1. The first-order valence-corrected chi connectivity index (χ1v) is 13.5. The minimum atomic E-state index is -1.15. The number of carboxylic acids is 1. The molecule has 3 aromatic rings. The number of aryl methyl sites for hydroxylation is 3. The number of thioether (sulfide) groups is 1. The van der Waals surface area contributed by atoms with Gasteiger partial charge in [0.25, 0.3) is 5.91 Å². The zero-order chi connectivity index (χ0) is 25.4. The molecule has 0 unspecified atom stereocenters. The van der Waals surface area contributed by atoms with Crippen LogP contribution in [-0.2, 0) is 28.2 Å². The lowest BCUT2D eigenvalue weighted by molar-refractivity contribution is -0.139. The molecule has 0 fully saturated rings. The van der Waals surface area contributed by atoms with Gasteiger partial charge in [-0.25, -0.2) is 0 Å². The van der Waals surface area contributed by atoms with E-state index in [1.165, 1.54) is 23.1 Å². The first-order valence-electron chi connectivity index (χ1n) is 11.1. The van der Waals surface area contributed by atoms with Crippen molar-refractivity contribution in [2.24, 2.45) is 0 Å². The monoisotopic (exact) mass is 534 g/mol. The van der Waals surface area contributed by atoms with Crippen molar-refractivity contribution in [1.29, 1.82) is 0 Å². The van der Waals surface area contributed by atoms with Crippen LogP contribution in [0.3, 0.4) is 0 Å². The number of benzene rings is 1. The number of rotatable bonds is 13. The number of halogens is 1. The summed E-state index contributed by atoms with van der Waals surface area (Å²) >= 11 is 8.82. The second-order valence-corrected chi connectivity index (χ2v) is 10.7. The summed E-state index contributed by atoms with van der Waals surface area (Å²) in [5, 5.41) is 16.4. The first-order chi connectivity index (χ1) is 16.7. The smallest absolute Gasteiger partial charge is 0.305 e. The lowest BCUT2D eigenvalue weighted by Gasteiger charge is -2.15. The summed E-state index contributed by atoms with van der Waals surface area (Å²) in [7, 11) is 0. The highest BCUT2D eigenvalue weighted by molar-refractivity contribution is 7.99. The van der Waals surface area contributed by atoms with Crippen LogP contribution in [0.25, 0.3) is 0 Å². The molecule has 0 spiro atoms. The molecule has 1 aromatic carbocycles. The van der Waals surface area contributed by atoms with Crippen LogP contribution in [0.2, 0.25) is 5.02 Å². The lowest BCUT2D eigenvalue weighted by atomic mass is 10.1. The Bertz CT molecular complexity index is 1170. The Morgan fingerprint density at radius 3 is 2.63 bits per heavy atom. The number of carbonyl (C=O) groups is 3. The quantitative estimate of drug-likeness (QED) is 0.308. The van der Waals surface area contributed by atoms with E-state index < -0.39 is 24.3 Å². The van der Waals surface area contributed by atoms with Gasteiger partial charge in [0.1, 0.15) is 5.76 Å². The molecule has 0 aliphatic carbocycles. The summed E-state index contributed by atoms with van der Waals surface area (Å²) in [6, 6.07) is 9.85. The number of hydrogen-bond acceptors (Lipinski definition) is 7. The summed E-state index contributed by atoms with van der Waals surface area (Å²) in [6.07, 6.45) is 2.04. The van der Waals surface area contributed by atoms with Gasteiger partial charge in [-0.05, 0) is 56.9 Å². The number of aliphatic carboxylic acids is 1. The second kappa shape index (κ2) is 12.9. The molecule has 0 saturated heterocycles. The number of carboxylic acid groups (broad SMARTS) is 1. The molecule has 35 heavy (non-hydrogen) atoms. The second-order valence-electron chi connectivity index (χ2n) is 8.10. The van der Waals surface area contributed by atoms with Crippen LogP contribution in [0.4, 0.5) is 0 Å². The van der Waals surface area contributed by atoms with Crippen molar-refractivity contribution in [3.05, 3.63) is 73.8 Å². The Labute approximate surface area is 217 Å². The minimum Gasteiger partial charge on any atom is -0.481 e. The first kappa shape index (κ1) is 27.0. The van der Waals surface area contributed by atoms with Crippen molar-refractivity contribution in [3.8, 4) is 0 Å². The van der Waals surface area contributed by atoms with Crippen LogP contribution in [-0.4, -0.2) is 39.7 Å². The third kappa shape index (κ3) is 7.95. The Morgan fingerprint density at radius 1 is 1.17 bits per heavy atom. The van der Waals surface area contributed by atoms with Gasteiger partial charge >= 0.3 is 5.97 Å². The summed E-state index contributed by atoms with van der Waals surface area (Å²) in [6.45, 7) is 3.82. The summed E-state index contributed by atoms with van der Waals surface area (Å²) in [5.74, 6) is -0.516. The van der Waals surface area contributed by atoms with Crippen LogP contribution in [0, 0.1) is 13.8 Å². The van der Waals surface area contributed by atoms with Crippen LogP contribution in [0.5, 0.6) is 0 Å². The zero-order valence-corrected chi connectivity index (χ0v) is 21.9. The fourth-order valence-electron chi connectivity index (χ4n) is 3.56. The van der Waals surface area contributed by atoms with E-state index in [-0.39, 0.29) is 11.5 Å². The maximum atomic E-state index is 12.8. The Morgan fingerprint density at radius 2 is 1.94 bits per heavy atom. The predicted molar refractivity (Wildman–Crippen MR) is 138 cm³/mol. The lowest BCUT2D eigenvalue weighted by Crippen LogP contribution is -2.43. The molecule has 1 atom stereocenters. The third-order valence-electron chi connectivity index (χ3n) is 5.45. The van der Waals surface area contributed by atoms with Gasteiger partial charge in [-0.15, -0.1) is 23.1 Å². The standard InChI is InChI=1S/C25H27ClN2O5S2/c1-15-19(16(2)33-28-15)8-5-7-18-10-11-23(35-18)25(32)27-21(12-24(30)31)22(29)14-34-13-17-6-3-4-9-20(17)26/h3-4,6,9-11,21H,5,7-8,12-14H2,1-2H3,(H,27,32)(H,30,31)/t21-/m0/s1. The van der Waals surface area contributed by atoms with E-state index in [1.54, 1.807) is 12.1 Å². The third-order valence-corrected chi connectivity index (χ3v) is 7.97. The molecule has 7 nitrogen and oxygen atoms in total. The molecule has 1 amide bonds. The Hall–Kier alpha value is -2.62. The molecule has 0 aliphatic rings. The number of amides is 1. The molecular weight excluding hydrogens is 508 g/mol.